The Morgan fingerprint density at radius 2 is 1.72 bits per heavy atom. The Hall–Kier alpha value is -4.38. The quantitative estimate of drug-likeness (QED) is 0.223. The number of hydrogen-bond donors (Lipinski definition) is 1. The van der Waals surface area contributed by atoms with E-state index < -0.39 is 11.8 Å². The van der Waals surface area contributed by atoms with E-state index in [-0.39, 0.29) is 18.4 Å². The number of benzene rings is 3. The van der Waals surface area contributed by atoms with Crippen LogP contribution in [0.25, 0.3) is 27.8 Å². The lowest BCUT2D eigenvalue weighted by Gasteiger charge is -2.31. The second-order valence-electron chi connectivity index (χ2n) is 10.2. The fourth-order valence-electron chi connectivity index (χ4n) is 6.20. The highest BCUT2D eigenvalue weighted by Crippen LogP contribution is 2.51. The van der Waals surface area contributed by atoms with Gasteiger partial charge in [0.05, 0.1) is 12.5 Å². The summed E-state index contributed by atoms with van der Waals surface area (Å²) in [5.41, 5.74) is 6.29. The molecule has 5 heteroatoms. The molecule has 1 fully saturated rings. The molecule has 0 amide bonds. The molecule has 4 aromatic rings. The normalized spacial score (nSPS) is 19.9. The van der Waals surface area contributed by atoms with E-state index in [9.17, 15) is 9.59 Å². The highest BCUT2D eigenvalue weighted by Gasteiger charge is 2.49. The molecule has 196 valence electrons. The lowest BCUT2D eigenvalue weighted by atomic mass is 9.70. The van der Waals surface area contributed by atoms with Crippen molar-refractivity contribution in [2.75, 3.05) is 6.61 Å². The molecule has 0 saturated carbocycles. The molecular weight excluding hydrogens is 486 g/mol. The molecule has 0 spiro atoms. The van der Waals surface area contributed by atoms with Crippen LogP contribution in [0.15, 0.2) is 89.4 Å². The Morgan fingerprint density at radius 1 is 0.974 bits per heavy atom. The van der Waals surface area contributed by atoms with E-state index in [1.807, 2.05) is 62.4 Å². The summed E-state index contributed by atoms with van der Waals surface area (Å²) < 4.78 is 11.9. The number of Topliss-reactive ketones (excluding diaryl/α,β-unsaturated/α-hetero) is 1. The molecule has 6 rings (SSSR count). The highest BCUT2D eigenvalue weighted by molar-refractivity contribution is 6.08. The van der Waals surface area contributed by atoms with Gasteiger partial charge >= 0.3 is 5.97 Å². The average molecular weight is 518 g/mol. The number of esters is 1. The minimum atomic E-state index is -0.652. The van der Waals surface area contributed by atoms with Crippen LogP contribution in [0.3, 0.4) is 0 Å². The van der Waals surface area contributed by atoms with Crippen molar-refractivity contribution in [2.45, 2.75) is 40.0 Å². The van der Waals surface area contributed by atoms with E-state index in [2.05, 4.69) is 36.2 Å². The van der Waals surface area contributed by atoms with Crippen molar-refractivity contribution in [3.63, 3.8) is 0 Å². The number of carbonyl (C=O) groups is 2. The number of hydrogen-bond acceptors (Lipinski definition) is 4. The van der Waals surface area contributed by atoms with Gasteiger partial charge in [-0.1, -0.05) is 61.5 Å². The van der Waals surface area contributed by atoms with Gasteiger partial charge in [0.1, 0.15) is 5.76 Å². The number of aromatic nitrogens is 1. The molecule has 3 aromatic carbocycles. The fourth-order valence-corrected chi connectivity index (χ4v) is 6.20. The molecule has 1 aliphatic heterocycles. The van der Waals surface area contributed by atoms with Crippen LogP contribution in [0.4, 0.5) is 0 Å². The van der Waals surface area contributed by atoms with Gasteiger partial charge in [-0.15, -0.1) is 0 Å². The van der Waals surface area contributed by atoms with E-state index in [4.69, 9.17) is 9.47 Å². The maximum absolute atomic E-state index is 14.2. The molecule has 1 aromatic heterocycles. The number of nitrogens with one attached hydrogen (secondary N) is 1. The maximum atomic E-state index is 14.2. The molecule has 1 N–H and O–H groups in total. The fraction of sp³-hybridized carbons (Fsp3) is 0.235. The first kappa shape index (κ1) is 24.9. The highest BCUT2D eigenvalue weighted by atomic mass is 16.5. The number of H-pyrrole nitrogens is 1. The smallest absolute Gasteiger partial charge is 0.334 e. The summed E-state index contributed by atoms with van der Waals surface area (Å²) in [7, 11) is 0. The van der Waals surface area contributed by atoms with E-state index >= 15 is 0 Å². The van der Waals surface area contributed by atoms with Crippen LogP contribution in [-0.4, -0.2) is 23.3 Å². The van der Waals surface area contributed by atoms with E-state index in [0.717, 1.165) is 56.1 Å². The van der Waals surface area contributed by atoms with Crippen molar-refractivity contribution >= 4 is 39.5 Å². The van der Waals surface area contributed by atoms with Crippen LogP contribution in [0.2, 0.25) is 0 Å². The summed E-state index contributed by atoms with van der Waals surface area (Å²) in [6, 6.07) is 20.4. The van der Waals surface area contributed by atoms with Gasteiger partial charge in [-0.05, 0) is 72.9 Å². The molecule has 5 nitrogen and oxygen atoms in total. The average Bonchev–Trinajstić information content (AvgIpc) is 3.42. The van der Waals surface area contributed by atoms with Crippen molar-refractivity contribution in [2.24, 2.45) is 5.92 Å². The van der Waals surface area contributed by atoms with Gasteiger partial charge in [-0.3, -0.25) is 4.79 Å². The van der Waals surface area contributed by atoms with Crippen LogP contribution in [0, 0.1) is 12.8 Å². The molecule has 2 heterocycles. The van der Waals surface area contributed by atoms with Crippen LogP contribution in [-0.2, 0) is 25.5 Å². The standard InChI is InChI=1S/C34H31NO4/c1-5-21-15-16-22-11-7-8-12-23(22)30(21)32-29(34(37)38-6-2)19(3)17-27-31(32)33(36)28(39-27)18-25-20(4)35-26-14-10-9-13-24(25)26/h7-18,31-32,35H,5-6H2,1-4H3/b28-18-. The van der Waals surface area contributed by atoms with Gasteiger partial charge in [0.15, 0.2) is 5.76 Å². The van der Waals surface area contributed by atoms with Crippen LogP contribution >= 0.6 is 0 Å². The second kappa shape index (κ2) is 9.73. The number of para-hydroxylation sites is 1. The number of allylic oxidation sites excluding steroid dienone is 4. The summed E-state index contributed by atoms with van der Waals surface area (Å²) in [6.07, 6.45) is 4.45. The number of aryl methyl sites for hydroxylation is 2. The molecule has 0 radical (unpaired) electrons. The first-order valence-electron chi connectivity index (χ1n) is 13.5. The Labute approximate surface area is 227 Å². The third-order valence-electron chi connectivity index (χ3n) is 7.95. The summed E-state index contributed by atoms with van der Waals surface area (Å²) >= 11 is 0. The van der Waals surface area contributed by atoms with Crippen LogP contribution in [0.1, 0.15) is 49.1 Å². The number of ketones is 1. The number of aromatic amines is 1. The molecule has 39 heavy (non-hydrogen) atoms. The minimum absolute atomic E-state index is 0.125. The Balaban J connectivity index is 1.56. The van der Waals surface area contributed by atoms with Gasteiger partial charge in [-0.2, -0.15) is 0 Å². The maximum Gasteiger partial charge on any atom is 0.334 e. The molecule has 1 saturated heterocycles. The predicted octanol–water partition coefficient (Wildman–Crippen LogP) is 7.31. The SMILES string of the molecule is CCOC(=O)C1=C(C)C=C2O/C(=C\c3c(C)[nH]c4ccccc34)C(=O)C2C1c1c(CC)ccc2ccccc12. The zero-order chi connectivity index (χ0) is 27.3. The van der Waals surface area contributed by atoms with Gasteiger partial charge in [0.2, 0.25) is 5.78 Å². The van der Waals surface area contributed by atoms with Gasteiger partial charge in [0.25, 0.3) is 0 Å². The Kier molecular flexibility index (Phi) is 6.22. The Morgan fingerprint density at radius 3 is 2.49 bits per heavy atom. The third-order valence-corrected chi connectivity index (χ3v) is 7.95. The molecule has 2 unspecified atom stereocenters. The minimum Gasteiger partial charge on any atom is -0.463 e. The van der Waals surface area contributed by atoms with Crippen molar-refractivity contribution in [3.05, 3.63) is 112 Å². The summed E-state index contributed by atoms with van der Waals surface area (Å²) in [5.74, 6) is -0.814. The summed E-state index contributed by atoms with van der Waals surface area (Å²) in [5, 5.41) is 3.14. The largest absolute Gasteiger partial charge is 0.463 e. The monoisotopic (exact) mass is 517 g/mol. The summed E-state index contributed by atoms with van der Waals surface area (Å²) in [6.45, 7) is 8.06. The lowest BCUT2D eigenvalue weighted by molar-refractivity contribution is -0.139. The van der Waals surface area contributed by atoms with Crippen molar-refractivity contribution in [1.29, 1.82) is 0 Å². The topological polar surface area (TPSA) is 68.4 Å². The second-order valence-corrected chi connectivity index (χ2v) is 10.2. The predicted molar refractivity (Wildman–Crippen MR) is 154 cm³/mol. The number of rotatable bonds is 5. The van der Waals surface area contributed by atoms with E-state index in [1.165, 1.54) is 0 Å². The molecule has 0 bridgehead atoms. The Bertz CT molecular complexity index is 1750. The number of carbonyl (C=O) groups excluding carboxylic acids is 2. The van der Waals surface area contributed by atoms with Gasteiger partial charge in [-0.25, -0.2) is 4.79 Å². The van der Waals surface area contributed by atoms with Crippen molar-refractivity contribution < 1.29 is 19.1 Å². The molecular formula is C34H31NO4. The third kappa shape index (κ3) is 4.00. The number of fused-ring (bicyclic) bond motifs is 3. The van der Waals surface area contributed by atoms with Gasteiger partial charge in [0, 0.05) is 33.7 Å². The van der Waals surface area contributed by atoms with Crippen molar-refractivity contribution in [1.82, 2.24) is 4.98 Å². The number of ether oxygens (including phenoxy) is 2. The summed E-state index contributed by atoms with van der Waals surface area (Å²) in [4.78, 5) is 31.1. The van der Waals surface area contributed by atoms with E-state index in [1.54, 1.807) is 6.92 Å². The lowest BCUT2D eigenvalue weighted by Crippen LogP contribution is -2.29. The zero-order valence-electron chi connectivity index (χ0n) is 22.6. The molecule has 1 aliphatic carbocycles. The first-order chi connectivity index (χ1) is 18.9. The van der Waals surface area contributed by atoms with Crippen LogP contribution in [0.5, 0.6) is 0 Å². The first-order valence-corrected chi connectivity index (χ1v) is 13.5. The molecule has 2 aliphatic rings. The van der Waals surface area contributed by atoms with E-state index in [0.29, 0.717) is 17.1 Å². The molecule has 2 atom stereocenters. The zero-order valence-corrected chi connectivity index (χ0v) is 22.6. The van der Waals surface area contributed by atoms with Gasteiger partial charge < -0.3 is 14.5 Å². The van der Waals surface area contributed by atoms with Crippen molar-refractivity contribution in [3.8, 4) is 0 Å². The van der Waals surface area contributed by atoms with Crippen LogP contribution < -0.4 is 0 Å².